The second-order valence-corrected chi connectivity index (χ2v) is 4.49. The van der Waals surface area contributed by atoms with Gasteiger partial charge in [-0.1, -0.05) is 20.8 Å². The molecule has 2 rings (SSSR count). The molecule has 0 aromatic carbocycles. The van der Waals surface area contributed by atoms with Crippen molar-refractivity contribution in [2.75, 3.05) is 0 Å². The fraction of sp³-hybridized carbons (Fsp3) is 0.385. The highest BCUT2D eigenvalue weighted by atomic mass is 16.4. The molecule has 2 heterocycles. The largest absolute Gasteiger partial charge is 0.476 e. The van der Waals surface area contributed by atoms with E-state index in [2.05, 4.69) is 15.0 Å². The van der Waals surface area contributed by atoms with Gasteiger partial charge >= 0.3 is 5.97 Å². The molecule has 19 heavy (non-hydrogen) atoms. The third-order valence-corrected chi connectivity index (χ3v) is 2.80. The zero-order valence-electron chi connectivity index (χ0n) is 11.2. The molecule has 0 saturated carbocycles. The van der Waals surface area contributed by atoms with E-state index in [1.54, 1.807) is 23.2 Å². The van der Waals surface area contributed by atoms with Gasteiger partial charge in [0.1, 0.15) is 11.6 Å². The van der Waals surface area contributed by atoms with E-state index in [1.165, 1.54) is 0 Å². The quantitative estimate of drug-likeness (QED) is 0.909. The molecule has 0 aliphatic carbocycles. The molecule has 0 bridgehead atoms. The first kappa shape index (κ1) is 13.2. The van der Waals surface area contributed by atoms with Gasteiger partial charge in [0.25, 0.3) is 0 Å². The van der Waals surface area contributed by atoms with E-state index in [0.29, 0.717) is 17.9 Å². The number of rotatable bonds is 4. The Bertz CT molecular complexity index is 604. The number of nitrogens with zero attached hydrogens (tertiary/aromatic N) is 4. The summed E-state index contributed by atoms with van der Waals surface area (Å²) < 4.78 is 1.72. The summed E-state index contributed by atoms with van der Waals surface area (Å²) in [5.41, 5.74) is 0.456. The van der Waals surface area contributed by atoms with E-state index >= 15 is 0 Å². The Balaban J connectivity index is 2.60. The molecule has 0 atom stereocenters. The number of imidazole rings is 1. The van der Waals surface area contributed by atoms with Crippen LogP contribution in [0.3, 0.4) is 0 Å². The maximum atomic E-state index is 11.4. The third-order valence-electron chi connectivity index (χ3n) is 2.80. The topological polar surface area (TPSA) is 80.9 Å². The Morgan fingerprint density at radius 2 is 2.16 bits per heavy atom. The Morgan fingerprint density at radius 3 is 2.74 bits per heavy atom. The van der Waals surface area contributed by atoms with Crippen molar-refractivity contribution in [3.8, 4) is 5.69 Å². The average molecular weight is 260 g/mol. The summed E-state index contributed by atoms with van der Waals surface area (Å²) in [6.07, 6.45) is 5.62. The number of aromatic nitrogens is 4. The predicted octanol–water partition coefficient (Wildman–Crippen LogP) is 2.05. The minimum absolute atomic E-state index is 0.00593. The van der Waals surface area contributed by atoms with E-state index in [4.69, 9.17) is 0 Å². The summed E-state index contributed by atoms with van der Waals surface area (Å²) in [5.74, 6) is 0.332. The molecule has 6 nitrogen and oxygen atoms in total. The van der Waals surface area contributed by atoms with Crippen molar-refractivity contribution in [3.05, 3.63) is 35.9 Å². The highest BCUT2D eigenvalue weighted by Crippen LogP contribution is 2.17. The zero-order chi connectivity index (χ0) is 14.0. The second kappa shape index (κ2) is 5.17. The lowest BCUT2D eigenvalue weighted by Crippen LogP contribution is -2.13. The van der Waals surface area contributed by atoms with Gasteiger partial charge in [-0.25, -0.2) is 19.7 Å². The summed E-state index contributed by atoms with van der Waals surface area (Å²) in [6.45, 7) is 5.81. The maximum absolute atomic E-state index is 11.4. The van der Waals surface area contributed by atoms with Crippen LogP contribution < -0.4 is 0 Å². The monoisotopic (exact) mass is 260 g/mol. The summed E-state index contributed by atoms with van der Waals surface area (Å²) >= 11 is 0. The number of hydrogen-bond donors (Lipinski definition) is 1. The van der Waals surface area contributed by atoms with Crippen molar-refractivity contribution in [2.24, 2.45) is 0 Å². The SMILES string of the molecule is CCc1nccn1-c1cnc(C(C)C)nc1C(=O)O. The molecule has 0 radical (unpaired) electrons. The molecule has 2 aromatic heterocycles. The number of carboxylic acids is 1. The van der Waals surface area contributed by atoms with Crippen LogP contribution in [0.1, 0.15) is 48.8 Å². The van der Waals surface area contributed by atoms with Crippen molar-refractivity contribution in [2.45, 2.75) is 33.1 Å². The number of carbonyl (C=O) groups is 1. The number of aryl methyl sites for hydroxylation is 1. The summed E-state index contributed by atoms with van der Waals surface area (Å²) in [7, 11) is 0. The smallest absolute Gasteiger partial charge is 0.356 e. The molecular formula is C13H16N4O2. The molecule has 100 valence electrons. The van der Waals surface area contributed by atoms with E-state index in [9.17, 15) is 9.90 Å². The molecule has 0 fully saturated rings. The summed E-state index contributed by atoms with van der Waals surface area (Å²) in [6, 6.07) is 0. The lowest BCUT2D eigenvalue weighted by molar-refractivity contribution is 0.0690. The van der Waals surface area contributed by atoms with Gasteiger partial charge in [-0.15, -0.1) is 0 Å². The number of aromatic carboxylic acids is 1. The lowest BCUT2D eigenvalue weighted by Gasteiger charge is -2.11. The fourth-order valence-corrected chi connectivity index (χ4v) is 1.82. The van der Waals surface area contributed by atoms with Gasteiger partial charge in [0.05, 0.1) is 11.9 Å². The van der Waals surface area contributed by atoms with Gasteiger partial charge in [0.15, 0.2) is 5.69 Å². The van der Waals surface area contributed by atoms with Crippen LogP contribution in [-0.4, -0.2) is 30.6 Å². The van der Waals surface area contributed by atoms with Crippen molar-refractivity contribution in [3.63, 3.8) is 0 Å². The van der Waals surface area contributed by atoms with E-state index < -0.39 is 5.97 Å². The minimum Gasteiger partial charge on any atom is -0.476 e. The van der Waals surface area contributed by atoms with Crippen molar-refractivity contribution in [1.82, 2.24) is 19.5 Å². The van der Waals surface area contributed by atoms with Crippen molar-refractivity contribution >= 4 is 5.97 Å². The van der Waals surface area contributed by atoms with Crippen LogP contribution >= 0.6 is 0 Å². The van der Waals surface area contributed by atoms with E-state index in [1.807, 2.05) is 20.8 Å². The average Bonchev–Trinajstić information content (AvgIpc) is 2.85. The molecule has 0 aliphatic heterocycles. The first-order valence-electron chi connectivity index (χ1n) is 6.17. The highest BCUT2D eigenvalue weighted by molar-refractivity contribution is 5.89. The number of hydrogen-bond acceptors (Lipinski definition) is 4. The molecule has 0 saturated heterocycles. The van der Waals surface area contributed by atoms with Gasteiger partial charge < -0.3 is 5.11 Å². The van der Waals surface area contributed by atoms with Crippen LogP contribution in [0.4, 0.5) is 0 Å². The first-order chi connectivity index (χ1) is 9.04. The van der Waals surface area contributed by atoms with Gasteiger partial charge in [0, 0.05) is 24.7 Å². The van der Waals surface area contributed by atoms with Crippen molar-refractivity contribution in [1.29, 1.82) is 0 Å². The Labute approximate surface area is 111 Å². The van der Waals surface area contributed by atoms with Crippen LogP contribution in [0.25, 0.3) is 5.69 Å². The lowest BCUT2D eigenvalue weighted by atomic mass is 10.2. The van der Waals surface area contributed by atoms with Crippen LogP contribution in [0, 0.1) is 0 Å². The molecule has 1 N–H and O–H groups in total. The molecule has 0 amide bonds. The molecule has 2 aromatic rings. The second-order valence-electron chi connectivity index (χ2n) is 4.49. The summed E-state index contributed by atoms with van der Waals surface area (Å²) in [4.78, 5) is 23.9. The molecule has 0 spiro atoms. The van der Waals surface area contributed by atoms with Crippen LogP contribution in [0.2, 0.25) is 0 Å². The Kier molecular flexibility index (Phi) is 3.59. The van der Waals surface area contributed by atoms with Crippen molar-refractivity contribution < 1.29 is 9.90 Å². The van der Waals surface area contributed by atoms with Crippen LogP contribution in [0.5, 0.6) is 0 Å². The normalized spacial score (nSPS) is 10.9. The Hall–Kier alpha value is -2.24. The molecule has 6 heteroatoms. The van der Waals surface area contributed by atoms with Gasteiger partial charge in [-0.05, 0) is 0 Å². The van der Waals surface area contributed by atoms with Gasteiger partial charge in [-0.3, -0.25) is 4.57 Å². The standard InChI is InChI=1S/C13H16N4O2/c1-4-10-14-5-6-17(10)9-7-15-12(8(2)3)16-11(9)13(18)19/h5-8H,4H2,1-3H3,(H,18,19). The van der Waals surface area contributed by atoms with Crippen LogP contribution in [-0.2, 0) is 6.42 Å². The maximum Gasteiger partial charge on any atom is 0.356 e. The molecule has 0 unspecified atom stereocenters. The molecular weight excluding hydrogens is 244 g/mol. The molecule has 0 aliphatic rings. The predicted molar refractivity (Wildman–Crippen MR) is 69.6 cm³/mol. The summed E-state index contributed by atoms with van der Waals surface area (Å²) in [5, 5.41) is 9.31. The number of carboxylic acid groups (broad SMARTS) is 1. The Morgan fingerprint density at radius 1 is 1.42 bits per heavy atom. The highest BCUT2D eigenvalue weighted by Gasteiger charge is 2.18. The van der Waals surface area contributed by atoms with E-state index in [-0.39, 0.29) is 11.6 Å². The minimum atomic E-state index is -1.06. The fourth-order valence-electron chi connectivity index (χ4n) is 1.82. The van der Waals surface area contributed by atoms with Gasteiger partial charge in [0.2, 0.25) is 0 Å². The van der Waals surface area contributed by atoms with Crippen LogP contribution in [0.15, 0.2) is 18.6 Å². The zero-order valence-corrected chi connectivity index (χ0v) is 11.2. The van der Waals surface area contributed by atoms with E-state index in [0.717, 1.165) is 5.82 Å². The first-order valence-corrected chi connectivity index (χ1v) is 6.17. The third kappa shape index (κ3) is 2.47. The van der Waals surface area contributed by atoms with Gasteiger partial charge in [-0.2, -0.15) is 0 Å².